The van der Waals surface area contributed by atoms with Crippen LogP contribution in [0, 0.1) is 0 Å². The average Bonchev–Trinajstić information content (AvgIpc) is 2.99. The molecule has 0 saturated heterocycles. The normalized spacial score (nSPS) is 11.1. The van der Waals surface area contributed by atoms with Crippen molar-refractivity contribution in [1.29, 1.82) is 0 Å². The first-order valence-corrected chi connectivity index (χ1v) is 6.74. The zero-order valence-corrected chi connectivity index (χ0v) is 11.5. The fourth-order valence-electron chi connectivity index (χ4n) is 2.47. The standard InChI is InChI=1S/C17H13N3O/c1-21-14-8-6-13(7-9-14)16-18-17-15-5-3-2-4-12(15)10-11-20(17)19-16/h2-11H,1H3. The lowest BCUT2D eigenvalue weighted by atomic mass is 10.2. The van der Waals surface area contributed by atoms with Gasteiger partial charge in [-0.05, 0) is 35.7 Å². The molecule has 102 valence electrons. The Balaban J connectivity index is 1.91. The smallest absolute Gasteiger partial charge is 0.182 e. The lowest BCUT2D eigenvalue weighted by molar-refractivity contribution is 0.415. The first kappa shape index (κ1) is 11.9. The van der Waals surface area contributed by atoms with Crippen molar-refractivity contribution in [2.75, 3.05) is 7.11 Å². The highest BCUT2D eigenvalue weighted by Gasteiger charge is 2.09. The van der Waals surface area contributed by atoms with Crippen molar-refractivity contribution in [2.24, 2.45) is 0 Å². The van der Waals surface area contributed by atoms with Gasteiger partial charge < -0.3 is 4.74 Å². The van der Waals surface area contributed by atoms with Crippen molar-refractivity contribution in [2.45, 2.75) is 0 Å². The van der Waals surface area contributed by atoms with E-state index in [1.807, 2.05) is 47.1 Å². The van der Waals surface area contributed by atoms with Gasteiger partial charge in [-0.25, -0.2) is 9.50 Å². The highest BCUT2D eigenvalue weighted by molar-refractivity contribution is 5.94. The van der Waals surface area contributed by atoms with Gasteiger partial charge in [-0.2, -0.15) is 0 Å². The number of fused-ring (bicyclic) bond motifs is 3. The maximum Gasteiger partial charge on any atom is 0.182 e. The molecule has 0 aliphatic carbocycles. The SMILES string of the molecule is COc1ccc(-c2nc3c4ccccc4ccn3n2)cc1. The molecule has 2 aromatic heterocycles. The Labute approximate surface area is 121 Å². The average molecular weight is 275 g/mol. The summed E-state index contributed by atoms with van der Waals surface area (Å²) in [6.07, 6.45) is 1.94. The fourth-order valence-corrected chi connectivity index (χ4v) is 2.47. The van der Waals surface area contributed by atoms with E-state index >= 15 is 0 Å². The molecule has 2 aromatic carbocycles. The van der Waals surface area contributed by atoms with Crippen LogP contribution < -0.4 is 4.74 Å². The quantitative estimate of drug-likeness (QED) is 0.561. The van der Waals surface area contributed by atoms with E-state index in [1.54, 1.807) is 7.11 Å². The Morgan fingerprint density at radius 2 is 1.76 bits per heavy atom. The van der Waals surface area contributed by atoms with Crippen LogP contribution in [0.2, 0.25) is 0 Å². The number of aromatic nitrogens is 3. The van der Waals surface area contributed by atoms with Gasteiger partial charge in [0.2, 0.25) is 0 Å². The van der Waals surface area contributed by atoms with Crippen molar-refractivity contribution >= 4 is 16.4 Å². The predicted octanol–water partition coefficient (Wildman–Crippen LogP) is 3.56. The zero-order valence-electron chi connectivity index (χ0n) is 11.5. The van der Waals surface area contributed by atoms with E-state index in [1.165, 1.54) is 5.39 Å². The number of methoxy groups -OCH3 is 1. The number of rotatable bonds is 2. The zero-order chi connectivity index (χ0) is 14.2. The molecule has 0 atom stereocenters. The molecule has 4 nitrogen and oxygen atoms in total. The molecule has 0 N–H and O–H groups in total. The second-order valence-corrected chi connectivity index (χ2v) is 4.84. The molecule has 4 rings (SSSR count). The van der Waals surface area contributed by atoms with E-state index in [0.29, 0.717) is 5.82 Å². The van der Waals surface area contributed by atoms with Crippen LogP contribution in [0.3, 0.4) is 0 Å². The molecular formula is C17H13N3O. The van der Waals surface area contributed by atoms with Crippen molar-refractivity contribution in [3.05, 3.63) is 60.8 Å². The lowest BCUT2D eigenvalue weighted by Crippen LogP contribution is -1.87. The van der Waals surface area contributed by atoms with Gasteiger partial charge in [-0.1, -0.05) is 24.3 Å². The van der Waals surface area contributed by atoms with Crippen LogP contribution in [0.5, 0.6) is 5.75 Å². The summed E-state index contributed by atoms with van der Waals surface area (Å²) >= 11 is 0. The number of hydrogen-bond acceptors (Lipinski definition) is 3. The van der Waals surface area contributed by atoms with E-state index in [0.717, 1.165) is 22.3 Å². The minimum Gasteiger partial charge on any atom is -0.497 e. The van der Waals surface area contributed by atoms with Gasteiger partial charge in [-0.15, -0.1) is 5.10 Å². The van der Waals surface area contributed by atoms with Crippen LogP contribution in [0.15, 0.2) is 60.8 Å². The van der Waals surface area contributed by atoms with Gasteiger partial charge in [-0.3, -0.25) is 0 Å². The van der Waals surface area contributed by atoms with Crippen molar-refractivity contribution < 1.29 is 4.74 Å². The summed E-state index contributed by atoms with van der Waals surface area (Å²) in [4.78, 5) is 4.68. The first-order chi connectivity index (χ1) is 10.3. The van der Waals surface area contributed by atoms with Crippen LogP contribution >= 0.6 is 0 Å². The predicted molar refractivity (Wildman–Crippen MR) is 82.5 cm³/mol. The van der Waals surface area contributed by atoms with Crippen LogP contribution in [-0.4, -0.2) is 21.7 Å². The third-order valence-electron chi connectivity index (χ3n) is 3.58. The summed E-state index contributed by atoms with van der Waals surface area (Å²) < 4.78 is 7.00. The summed E-state index contributed by atoms with van der Waals surface area (Å²) in [5.41, 5.74) is 1.85. The molecule has 0 spiro atoms. The second-order valence-electron chi connectivity index (χ2n) is 4.84. The molecule has 0 fully saturated rings. The fraction of sp³-hybridized carbons (Fsp3) is 0.0588. The van der Waals surface area contributed by atoms with E-state index in [4.69, 9.17) is 4.74 Å². The molecule has 2 heterocycles. The number of hydrogen-bond donors (Lipinski definition) is 0. The Morgan fingerprint density at radius 3 is 2.57 bits per heavy atom. The summed E-state index contributed by atoms with van der Waals surface area (Å²) in [6, 6.07) is 18.0. The van der Waals surface area contributed by atoms with Crippen LogP contribution in [0.4, 0.5) is 0 Å². The minimum atomic E-state index is 0.717. The van der Waals surface area contributed by atoms with E-state index in [2.05, 4.69) is 28.3 Å². The van der Waals surface area contributed by atoms with Crippen molar-refractivity contribution in [3.63, 3.8) is 0 Å². The van der Waals surface area contributed by atoms with Gasteiger partial charge in [0.1, 0.15) is 5.75 Å². The third-order valence-corrected chi connectivity index (χ3v) is 3.58. The highest BCUT2D eigenvalue weighted by Crippen LogP contribution is 2.23. The third kappa shape index (κ3) is 1.92. The molecule has 0 aliphatic rings. The minimum absolute atomic E-state index is 0.717. The Hall–Kier alpha value is -2.88. The van der Waals surface area contributed by atoms with Crippen LogP contribution in [-0.2, 0) is 0 Å². The highest BCUT2D eigenvalue weighted by atomic mass is 16.5. The molecule has 0 unspecified atom stereocenters. The van der Waals surface area contributed by atoms with Crippen molar-refractivity contribution in [3.8, 4) is 17.1 Å². The number of ether oxygens (including phenoxy) is 1. The van der Waals surface area contributed by atoms with Gasteiger partial charge in [0.15, 0.2) is 11.5 Å². The monoisotopic (exact) mass is 275 g/mol. The van der Waals surface area contributed by atoms with Crippen molar-refractivity contribution in [1.82, 2.24) is 14.6 Å². The van der Waals surface area contributed by atoms with Gasteiger partial charge in [0.05, 0.1) is 7.11 Å². The van der Waals surface area contributed by atoms with Crippen LogP contribution in [0.25, 0.3) is 27.8 Å². The Morgan fingerprint density at radius 1 is 0.952 bits per heavy atom. The maximum atomic E-state index is 5.18. The topological polar surface area (TPSA) is 39.4 Å². The van der Waals surface area contributed by atoms with E-state index < -0.39 is 0 Å². The summed E-state index contributed by atoms with van der Waals surface area (Å²) in [6.45, 7) is 0. The Bertz CT molecular complexity index is 926. The number of benzene rings is 2. The second kappa shape index (κ2) is 4.59. The summed E-state index contributed by atoms with van der Waals surface area (Å²) in [5.74, 6) is 1.54. The molecule has 0 radical (unpaired) electrons. The molecule has 0 aliphatic heterocycles. The largest absolute Gasteiger partial charge is 0.497 e. The molecule has 0 saturated carbocycles. The van der Waals surface area contributed by atoms with E-state index in [-0.39, 0.29) is 0 Å². The van der Waals surface area contributed by atoms with Crippen LogP contribution in [0.1, 0.15) is 0 Å². The van der Waals surface area contributed by atoms with Gasteiger partial charge in [0, 0.05) is 17.1 Å². The first-order valence-electron chi connectivity index (χ1n) is 6.74. The Kier molecular flexibility index (Phi) is 2.60. The molecule has 0 bridgehead atoms. The molecular weight excluding hydrogens is 262 g/mol. The maximum absolute atomic E-state index is 5.18. The molecule has 4 heteroatoms. The molecule has 4 aromatic rings. The van der Waals surface area contributed by atoms with Gasteiger partial charge >= 0.3 is 0 Å². The lowest BCUT2D eigenvalue weighted by Gasteiger charge is -1.99. The number of nitrogens with zero attached hydrogens (tertiary/aromatic N) is 3. The van der Waals surface area contributed by atoms with E-state index in [9.17, 15) is 0 Å². The number of pyridine rings is 1. The molecule has 0 amide bonds. The molecule has 21 heavy (non-hydrogen) atoms. The summed E-state index contributed by atoms with van der Waals surface area (Å²) in [5, 5.41) is 6.82. The van der Waals surface area contributed by atoms with Gasteiger partial charge in [0.25, 0.3) is 0 Å². The summed E-state index contributed by atoms with van der Waals surface area (Å²) in [7, 11) is 1.66.